The molecule has 3 rings (SSSR count). The van der Waals surface area contributed by atoms with Gasteiger partial charge in [-0.2, -0.15) is 4.57 Å². The molecule has 1 N–H and O–H groups in total. The van der Waals surface area contributed by atoms with Crippen LogP contribution in [0.2, 0.25) is 0 Å². The molecule has 1 aliphatic heterocycles. The Kier molecular flexibility index (Phi) is 3.39. The van der Waals surface area contributed by atoms with E-state index in [9.17, 15) is 9.59 Å². The van der Waals surface area contributed by atoms with Gasteiger partial charge in [0.05, 0.1) is 0 Å². The van der Waals surface area contributed by atoms with Crippen molar-refractivity contribution >= 4 is 17.5 Å². The van der Waals surface area contributed by atoms with Gasteiger partial charge in [0.1, 0.15) is 0 Å². The molecule has 5 nitrogen and oxygen atoms in total. The molecule has 2 aromatic rings. The molecular weight excluding hydrogens is 266 g/mol. The summed E-state index contributed by atoms with van der Waals surface area (Å²) < 4.78 is 1.82. The molecule has 106 valence electrons. The van der Waals surface area contributed by atoms with E-state index in [-0.39, 0.29) is 18.4 Å². The fourth-order valence-corrected chi connectivity index (χ4v) is 2.52. The van der Waals surface area contributed by atoms with Crippen LogP contribution in [0.3, 0.4) is 0 Å². The number of anilines is 1. The molecule has 0 spiro atoms. The molecule has 1 aliphatic rings. The van der Waals surface area contributed by atoms with Gasteiger partial charge in [-0.3, -0.25) is 9.59 Å². The van der Waals surface area contributed by atoms with Gasteiger partial charge < -0.3 is 10.2 Å². The molecule has 0 fully saturated rings. The Morgan fingerprint density at radius 2 is 1.90 bits per heavy atom. The minimum Gasteiger partial charge on any atom is -0.324 e. The van der Waals surface area contributed by atoms with E-state index >= 15 is 0 Å². The minimum absolute atomic E-state index is 0.0769. The Hall–Kier alpha value is -2.69. The van der Waals surface area contributed by atoms with Crippen LogP contribution in [-0.2, 0) is 16.1 Å². The number of carbonyl (C=O) groups excluding carboxylic acids is 2. The summed E-state index contributed by atoms with van der Waals surface area (Å²) in [7, 11) is 1.66. The minimum atomic E-state index is -0.618. The number of hydrogen-bond donors (Lipinski definition) is 1. The van der Waals surface area contributed by atoms with E-state index in [1.165, 1.54) is 4.90 Å². The van der Waals surface area contributed by atoms with Crippen molar-refractivity contribution in [2.24, 2.45) is 0 Å². The van der Waals surface area contributed by atoms with Crippen LogP contribution in [0, 0.1) is 0 Å². The van der Waals surface area contributed by atoms with E-state index in [1.807, 2.05) is 59.3 Å². The number of aromatic nitrogens is 1. The van der Waals surface area contributed by atoms with Crippen molar-refractivity contribution in [3.05, 3.63) is 60.4 Å². The van der Waals surface area contributed by atoms with E-state index in [4.69, 9.17) is 0 Å². The van der Waals surface area contributed by atoms with Crippen molar-refractivity contribution in [3.63, 3.8) is 0 Å². The largest absolute Gasteiger partial charge is 0.324 e. The Balaban J connectivity index is 1.93. The predicted molar refractivity (Wildman–Crippen MR) is 77.2 cm³/mol. The third-order valence-corrected chi connectivity index (χ3v) is 3.63. The summed E-state index contributed by atoms with van der Waals surface area (Å²) in [5, 5.41) is 2.86. The van der Waals surface area contributed by atoms with Gasteiger partial charge in [-0.05, 0) is 12.1 Å². The number of para-hydroxylation sites is 1. The van der Waals surface area contributed by atoms with Crippen molar-refractivity contribution in [1.82, 2.24) is 4.90 Å². The van der Waals surface area contributed by atoms with Crippen LogP contribution in [-0.4, -0.2) is 23.8 Å². The standard InChI is InChI=1S/C16H15N3O2/c1-18-14(20)11-19-10-6-5-9-13(19)15(18)16(21)17-12-7-3-2-4-8-12/h2-10,15H,11H2,1H3/p+1. The second kappa shape index (κ2) is 5.36. The average molecular weight is 282 g/mol. The number of nitrogens with zero attached hydrogens (tertiary/aromatic N) is 2. The Morgan fingerprint density at radius 3 is 2.67 bits per heavy atom. The monoisotopic (exact) mass is 282 g/mol. The lowest BCUT2D eigenvalue weighted by Crippen LogP contribution is -2.57. The van der Waals surface area contributed by atoms with Crippen LogP contribution in [0.25, 0.3) is 0 Å². The zero-order valence-electron chi connectivity index (χ0n) is 11.7. The second-order valence-electron chi connectivity index (χ2n) is 5.02. The van der Waals surface area contributed by atoms with Crippen LogP contribution in [0.1, 0.15) is 11.7 Å². The normalized spacial score (nSPS) is 17.3. The first-order valence-corrected chi connectivity index (χ1v) is 6.77. The summed E-state index contributed by atoms with van der Waals surface area (Å²) >= 11 is 0. The van der Waals surface area contributed by atoms with Crippen molar-refractivity contribution < 1.29 is 14.2 Å². The van der Waals surface area contributed by atoms with Crippen molar-refractivity contribution in [2.45, 2.75) is 12.6 Å². The summed E-state index contributed by atoms with van der Waals surface area (Å²) in [6.07, 6.45) is 1.82. The number of carbonyl (C=O) groups is 2. The third kappa shape index (κ3) is 2.50. The molecule has 0 saturated carbocycles. The van der Waals surface area contributed by atoms with Gasteiger partial charge in [0.2, 0.25) is 12.2 Å². The topological polar surface area (TPSA) is 53.3 Å². The number of benzene rings is 1. The molecule has 0 bridgehead atoms. The zero-order valence-corrected chi connectivity index (χ0v) is 11.7. The summed E-state index contributed by atoms with van der Waals surface area (Å²) in [5.41, 5.74) is 1.53. The maximum atomic E-state index is 12.6. The molecule has 1 unspecified atom stereocenters. The van der Waals surface area contributed by atoms with Crippen LogP contribution in [0.5, 0.6) is 0 Å². The molecule has 1 aromatic heterocycles. The first-order valence-electron chi connectivity index (χ1n) is 6.77. The quantitative estimate of drug-likeness (QED) is 0.839. The lowest BCUT2D eigenvalue weighted by atomic mass is 10.1. The summed E-state index contributed by atoms with van der Waals surface area (Å²) in [4.78, 5) is 26.1. The molecule has 2 amide bonds. The fraction of sp³-hybridized carbons (Fsp3) is 0.188. The number of pyridine rings is 1. The molecule has 1 aromatic carbocycles. The van der Waals surface area contributed by atoms with Gasteiger partial charge >= 0.3 is 0 Å². The fourth-order valence-electron chi connectivity index (χ4n) is 2.52. The molecule has 0 saturated heterocycles. The number of nitrogens with one attached hydrogen (secondary N) is 1. The Morgan fingerprint density at radius 1 is 1.19 bits per heavy atom. The van der Waals surface area contributed by atoms with Gasteiger partial charge in [-0.15, -0.1) is 0 Å². The Labute approximate surface area is 122 Å². The van der Waals surface area contributed by atoms with Crippen molar-refractivity contribution in [2.75, 3.05) is 12.4 Å². The summed E-state index contributed by atoms with van der Waals surface area (Å²) in [6.45, 7) is 0.266. The highest BCUT2D eigenvalue weighted by Gasteiger charge is 2.40. The van der Waals surface area contributed by atoms with Crippen molar-refractivity contribution in [3.8, 4) is 0 Å². The van der Waals surface area contributed by atoms with E-state index in [1.54, 1.807) is 7.05 Å². The Bertz CT molecular complexity index is 685. The SMILES string of the molecule is CN1C(=O)C[n+]2ccccc2C1C(=O)Nc1ccccc1. The lowest BCUT2D eigenvalue weighted by molar-refractivity contribution is -0.698. The van der Waals surface area contributed by atoms with E-state index < -0.39 is 6.04 Å². The molecule has 21 heavy (non-hydrogen) atoms. The zero-order chi connectivity index (χ0) is 14.8. The van der Waals surface area contributed by atoms with Gasteiger partial charge in [-0.1, -0.05) is 24.3 Å². The van der Waals surface area contributed by atoms with Crippen molar-refractivity contribution in [1.29, 1.82) is 0 Å². The predicted octanol–water partition coefficient (Wildman–Crippen LogP) is 1.13. The first-order chi connectivity index (χ1) is 10.2. The molecule has 0 radical (unpaired) electrons. The van der Waals surface area contributed by atoms with Gasteiger partial charge in [0.25, 0.3) is 11.8 Å². The van der Waals surface area contributed by atoms with Crippen LogP contribution < -0.4 is 9.88 Å². The first kappa shape index (κ1) is 13.3. The molecule has 5 heteroatoms. The summed E-state index contributed by atoms with van der Waals surface area (Å²) in [6, 6.07) is 14.2. The van der Waals surface area contributed by atoms with E-state index in [0.717, 1.165) is 11.4 Å². The average Bonchev–Trinajstić information content (AvgIpc) is 2.49. The number of rotatable bonds is 2. The molecular formula is C16H16N3O2+. The van der Waals surface area contributed by atoms with Crippen LogP contribution in [0.4, 0.5) is 5.69 Å². The molecule has 2 heterocycles. The number of likely N-dealkylation sites (N-methyl/N-ethyl adjacent to an activating group) is 1. The van der Waals surface area contributed by atoms with Crippen LogP contribution >= 0.6 is 0 Å². The van der Waals surface area contributed by atoms with Gasteiger partial charge in [0.15, 0.2) is 12.2 Å². The highest BCUT2D eigenvalue weighted by atomic mass is 16.2. The number of amides is 2. The maximum absolute atomic E-state index is 12.6. The summed E-state index contributed by atoms with van der Waals surface area (Å²) in [5.74, 6) is -0.288. The van der Waals surface area contributed by atoms with Crippen LogP contribution in [0.15, 0.2) is 54.7 Å². The molecule has 0 aliphatic carbocycles. The third-order valence-electron chi connectivity index (χ3n) is 3.63. The highest BCUT2D eigenvalue weighted by molar-refractivity contribution is 5.97. The lowest BCUT2D eigenvalue weighted by Gasteiger charge is -2.28. The highest BCUT2D eigenvalue weighted by Crippen LogP contribution is 2.22. The maximum Gasteiger partial charge on any atom is 0.289 e. The van der Waals surface area contributed by atoms with Gasteiger partial charge in [-0.25, -0.2) is 0 Å². The van der Waals surface area contributed by atoms with Gasteiger partial charge in [0, 0.05) is 24.9 Å². The smallest absolute Gasteiger partial charge is 0.289 e. The van der Waals surface area contributed by atoms with E-state index in [0.29, 0.717) is 0 Å². The number of hydrogen-bond acceptors (Lipinski definition) is 2. The van der Waals surface area contributed by atoms with E-state index in [2.05, 4.69) is 5.32 Å². The number of fused-ring (bicyclic) bond motifs is 1. The second-order valence-corrected chi connectivity index (χ2v) is 5.02. The molecule has 1 atom stereocenters.